The van der Waals surface area contributed by atoms with Gasteiger partial charge in [-0.1, -0.05) is 6.92 Å². The number of carbonyl (C=O) groups is 1. The van der Waals surface area contributed by atoms with Gasteiger partial charge in [0.1, 0.15) is 5.78 Å². The Kier molecular flexibility index (Phi) is 3.77. The number of aromatic nitrogens is 1. The minimum Gasteiger partial charge on any atom is -0.326 e. The van der Waals surface area contributed by atoms with E-state index in [0.29, 0.717) is 19.4 Å². The lowest BCUT2D eigenvalue weighted by Crippen LogP contribution is -2.06. The minimum absolute atomic E-state index is 0.214. The van der Waals surface area contributed by atoms with Gasteiger partial charge in [0.05, 0.1) is 0 Å². The third kappa shape index (κ3) is 2.92. The molecule has 1 aromatic rings. The lowest BCUT2D eigenvalue weighted by Gasteiger charge is -2.03. The van der Waals surface area contributed by atoms with Crippen molar-refractivity contribution < 1.29 is 4.79 Å². The Bertz CT molecular complexity index is 334. The normalized spacial score (nSPS) is 10.2. The molecule has 0 radical (unpaired) electrons. The SMILES string of the molecule is CCC(=O)Cc1cc(CN)cc(C)n1. The molecule has 14 heavy (non-hydrogen) atoms. The van der Waals surface area contributed by atoms with Crippen LogP contribution in [0.5, 0.6) is 0 Å². The molecule has 1 rings (SSSR count). The zero-order valence-corrected chi connectivity index (χ0v) is 8.71. The fourth-order valence-electron chi connectivity index (χ4n) is 1.35. The second-order valence-electron chi connectivity index (χ2n) is 3.38. The molecular weight excluding hydrogens is 176 g/mol. The summed E-state index contributed by atoms with van der Waals surface area (Å²) in [6, 6.07) is 3.85. The van der Waals surface area contributed by atoms with Gasteiger partial charge < -0.3 is 5.73 Å². The van der Waals surface area contributed by atoms with Crippen LogP contribution in [0.4, 0.5) is 0 Å². The lowest BCUT2D eigenvalue weighted by molar-refractivity contribution is -0.118. The average Bonchev–Trinajstić information content (AvgIpc) is 2.16. The summed E-state index contributed by atoms with van der Waals surface area (Å²) in [4.78, 5) is 15.5. The smallest absolute Gasteiger partial charge is 0.138 e. The minimum atomic E-state index is 0.214. The molecule has 0 aliphatic carbocycles. The first kappa shape index (κ1) is 10.9. The van der Waals surface area contributed by atoms with E-state index < -0.39 is 0 Å². The Morgan fingerprint density at radius 1 is 1.50 bits per heavy atom. The molecule has 2 N–H and O–H groups in total. The van der Waals surface area contributed by atoms with Crippen LogP contribution in [-0.4, -0.2) is 10.8 Å². The Balaban J connectivity index is 2.86. The molecule has 0 fully saturated rings. The summed E-state index contributed by atoms with van der Waals surface area (Å²) in [5.41, 5.74) is 8.33. The average molecular weight is 192 g/mol. The maximum atomic E-state index is 11.2. The van der Waals surface area contributed by atoms with Gasteiger partial charge in [0.2, 0.25) is 0 Å². The highest BCUT2D eigenvalue weighted by Crippen LogP contribution is 2.06. The predicted molar refractivity (Wildman–Crippen MR) is 55.9 cm³/mol. The van der Waals surface area contributed by atoms with E-state index in [1.165, 1.54) is 0 Å². The molecule has 0 spiro atoms. The molecule has 1 heterocycles. The monoisotopic (exact) mass is 192 g/mol. The highest BCUT2D eigenvalue weighted by atomic mass is 16.1. The van der Waals surface area contributed by atoms with Crippen molar-refractivity contribution >= 4 is 5.78 Å². The molecule has 0 saturated carbocycles. The number of nitrogens with zero attached hydrogens (tertiary/aromatic N) is 1. The van der Waals surface area contributed by atoms with Gasteiger partial charge in [0.15, 0.2) is 0 Å². The zero-order valence-electron chi connectivity index (χ0n) is 8.71. The van der Waals surface area contributed by atoms with Crippen LogP contribution in [0.15, 0.2) is 12.1 Å². The molecule has 0 aliphatic heterocycles. The van der Waals surface area contributed by atoms with Crippen LogP contribution in [0.1, 0.15) is 30.3 Å². The predicted octanol–water partition coefficient (Wildman–Crippen LogP) is 1.37. The molecule has 0 unspecified atom stereocenters. The molecule has 0 atom stereocenters. The highest BCUT2D eigenvalue weighted by Gasteiger charge is 2.04. The summed E-state index contributed by atoms with van der Waals surface area (Å²) in [6.45, 7) is 4.28. The molecular formula is C11H16N2O. The molecule has 76 valence electrons. The third-order valence-electron chi connectivity index (χ3n) is 2.07. The fourth-order valence-corrected chi connectivity index (χ4v) is 1.35. The fraction of sp³-hybridized carbons (Fsp3) is 0.455. The Hall–Kier alpha value is -1.22. The summed E-state index contributed by atoms with van der Waals surface area (Å²) in [5, 5.41) is 0. The van der Waals surface area contributed by atoms with E-state index in [4.69, 9.17) is 5.73 Å². The zero-order chi connectivity index (χ0) is 10.6. The van der Waals surface area contributed by atoms with Gasteiger partial charge in [-0.3, -0.25) is 9.78 Å². The van der Waals surface area contributed by atoms with E-state index in [1.54, 1.807) is 0 Å². The van der Waals surface area contributed by atoms with Gasteiger partial charge in [0, 0.05) is 30.8 Å². The van der Waals surface area contributed by atoms with Crippen LogP contribution in [0.25, 0.3) is 0 Å². The van der Waals surface area contributed by atoms with Crippen molar-refractivity contribution in [2.45, 2.75) is 33.2 Å². The molecule has 0 aliphatic rings. The quantitative estimate of drug-likeness (QED) is 0.783. The van der Waals surface area contributed by atoms with Crippen molar-refractivity contribution in [3.05, 3.63) is 29.1 Å². The number of carbonyl (C=O) groups excluding carboxylic acids is 1. The van der Waals surface area contributed by atoms with Crippen LogP contribution in [-0.2, 0) is 17.8 Å². The number of pyridine rings is 1. The van der Waals surface area contributed by atoms with Crippen LogP contribution in [0, 0.1) is 6.92 Å². The van der Waals surface area contributed by atoms with Crippen molar-refractivity contribution in [2.75, 3.05) is 0 Å². The molecule has 0 bridgehead atoms. The topological polar surface area (TPSA) is 56.0 Å². The number of ketones is 1. The standard InChI is InChI=1S/C11H16N2O/c1-3-11(14)6-10-5-9(7-12)4-8(2)13-10/h4-5H,3,6-7,12H2,1-2H3. The van der Waals surface area contributed by atoms with E-state index in [-0.39, 0.29) is 5.78 Å². The van der Waals surface area contributed by atoms with Crippen LogP contribution in [0.2, 0.25) is 0 Å². The first-order valence-corrected chi connectivity index (χ1v) is 4.84. The Labute approximate surface area is 84.3 Å². The largest absolute Gasteiger partial charge is 0.326 e. The van der Waals surface area contributed by atoms with Gasteiger partial charge in [-0.05, 0) is 24.6 Å². The van der Waals surface area contributed by atoms with E-state index >= 15 is 0 Å². The van der Waals surface area contributed by atoms with Gasteiger partial charge in [-0.15, -0.1) is 0 Å². The van der Waals surface area contributed by atoms with E-state index in [9.17, 15) is 4.79 Å². The maximum Gasteiger partial charge on any atom is 0.138 e. The summed E-state index contributed by atoms with van der Waals surface area (Å²) in [5.74, 6) is 0.214. The van der Waals surface area contributed by atoms with Crippen molar-refractivity contribution in [3.8, 4) is 0 Å². The second-order valence-corrected chi connectivity index (χ2v) is 3.38. The molecule has 1 aromatic heterocycles. The Morgan fingerprint density at radius 3 is 2.79 bits per heavy atom. The van der Waals surface area contributed by atoms with Crippen LogP contribution >= 0.6 is 0 Å². The van der Waals surface area contributed by atoms with E-state index in [1.807, 2.05) is 26.0 Å². The van der Waals surface area contributed by atoms with Crippen molar-refractivity contribution in [2.24, 2.45) is 5.73 Å². The molecule has 0 aromatic carbocycles. The number of nitrogens with two attached hydrogens (primary N) is 1. The molecule has 0 saturated heterocycles. The van der Waals surface area contributed by atoms with Crippen molar-refractivity contribution in [1.82, 2.24) is 4.98 Å². The lowest BCUT2D eigenvalue weighted by atomic mass is 10.1. The summed E-state index contributed by atoms with van der Waals surface area (Å²) in [6.07, 6.45) is 0.985. The van der Waals surface area contributed by atoms with Crippen molar-refractivity contribution in [1.29, 1.82) is 0 Å². The summed E-state index contributed by atoms with van der Waals surface area (Å²) in [7, 11) is 0. The summed E-state index contributed by atoms with van der Waals surface area (Å²) < 4.78 is 0. The first-order chi connectivity index (χ1) is 6.65. The van der Waals surface area contributed by atoms with E-state index in [2.05, 4.69) is 4.98 Å². The first-order valence-electron chi connectivity index (χ1n) is 4.84. The molecule has 3 nitrogen and oxygen atoms in total. The number of rotatable bonds is 4. The van der Waals surface area contributed by atoms with Gasteiger partial charge >= 0.3 is 0 Å². The second kappa shape index (κ2) is 4.86. The van der Waals surface area contributed by atoms with Crippen molar-refractivity contribution in [3.63, 3.8) is 0 Å². The molecule has 3 heteroatoms. The van der Waals surface area contributed by atoms with Crippen LogP contribution in [0.3, 0.4) is 0 Å². The summed E-state index contributed by atoms with van der Waals surface area (Å²) >= 11 is 0. The maximum absolute atomic E-state index is 11.2. The number of Topliss-reactive ketones (excluding diaryl/α,β-unsaturated/α-hetero) is 1. The number of aryl methyl sites for hydroxylation is 1. The van der Waals surface area contributed by atoms with E-state index in [0.717, 1.165) is 17.0 Å². The third-order valence-corrected chi connectivity index (χ3v) is 2.07. The van der Waals surface area contributed by atoms with Gasteiger partial charge in [-0.25, -0.2) is 0 Å². The Morgan fingerprint density at radius 2 is 2.21 bits per heavy atom. The number of hydrogen-bond acceptors (Lipinski definition) is 3. The number of hydrogen-bond donors (Lipinski definition) is 1. The van der Waals surface area contributed by atoms with Gasteiger partial charge in [0.25, 0.3) is 0 Å². The highest BCUT2D eigenvalue weighted by molar-refractivity contribution is 5.80. The van der Waals surface area contributed by atoms with Gasteiger partial charge in [-0.2, -0.15) is 0 Å². The molecule has 0 amide bonds. The van der Waals surface area contributed by atoms with Crippen LogP contribution < -0.4 is 5.73 Å².